The SMILES string of the molecule is C=C(C)[C@H]1C[C@@H](O)[C@@](O)(CC=C(C)C)[C@H](OCOC)C1. The molecule has 1 fully saturated rings. The molecule has 1 rings (SSSR count). The van der Waals surface area contributed by atoms with E-state index in [0.29, 0.717) is 19.3 Å². The fourth-order valence-electron chi connectivity index (χ4n) is 2.65. The second-order valence-corrected chi connectivity index (χ2v) is 6.07. The molecule has 0 spiro atoms. The van der Waals surface area contributed by atoms with E-state index < -0.39 is 17.8 Å². The zero-order valence-electron chi connectivity index (χ0n) is 13.1. The smallest absolute Gasteiger partial charge is 0.146 e. The minimum atomic E-state index is -1.26. The molecule has 4 nitrogen and oxygen atoms in total. The number of aliphatic hydroxyl groups excluding tert-OH is 1. The molecule has 20 heavy (non-hydrogen) atoms. The molecule has 0 aromatic carbocycles. The molecule has 0 heterocycles. The van der Waals surface area contributed by atoms with Gasteiger partial charge in [0, 0.05) is 7.11 Å². The molecule has 0 aromatic rings. The van der Waals surface area contributed by atoms with E-state index in [1.54, 1.807) is 7.11 Å². The van der Waals surface area contributed by atoms with Crippen molar-refractivity contribution in [3.05, 3.63) is 23.8 Å². The Kier molecular flexibility index (Phi) is 6.40. The highest BCUT2D eigenvalue weighted by molar-refractivity contribution is 5.11. The molecule has 0 unspecified atom stereocenters. The first-order valence-corrected chi connectivity index (χ1v) is 7.11. The van der Waals surface area contributed by atoms with Crippen LogP contribution in [0.25, 0.3) is 0 Å². The lowest BCUT2D eigenvalue weighted by Crippen LogP contribution is -2.57. The van der Waals surface area contributed by atoms with Gasteiger partial charge in [-0.3, -0.25) is 0 Å². The molecule has 1 aliphatic rings. The first kappa shape index (κ1) is 17.4. The Morgan fingerprint density at radius 3 is 2.50 bits per heavy atom. The van der Waals surface area contributed by atoms with Crippen molar-refractivity contribution in [1.82, 2.24) is 0 Å². The second-order valence-electron chi connectivity index (χ2n) is 6.07. The minimum Gasteiger partial charge on any atom is -0.390 e. The summed E-state index contributed by atoms with van der Waals surface area (Å²) in [7, 11) is 1.55. The maximum atomic E-state index is 10.9. The highest BCUT2D eigenvalue weighted by Gasteiger charge is 2.48. The lowest BCUT2D eigenvalue weighted by atomic mass is 9.71. The number of hydrogen-bond donors (Lipinski definition) is 2. The average Bonchev–Trinajstić information content (AvgIpc) is 2.37. The summed E-state index contributed by atoms with van der Waals surface area (Å²) in [4.78, 5) is 0. The Morgan fingerprint density at radius 1 is 1.35 bits per heavy atom. The number of hydrogen-bond acceptors (Lipinski definition) is 4. The molecule has 116 valence electrons. The predicted octanol–water partition coefficient (Wildman–Crippen LogP) is 2.41. The van der Waals surface area contributed by atoms with Gasteiger partial charge in [0.15, 0.2) is 0 Å². The zero-order chi connectivity index (χ0) is 15.3. The summed E-state index contributed by atoms with van der Waals surface area (Å²) < 4.78 is 10.6. The van der Waals surface area contributed by atoms with Gasteiger partial charge in [0.1, 0.15) is 12.4 Å². The van der Waals surface area contributed by atoms with Crippen LogP contribution in [0.15, 0.2) is 23.8 Å². The topological polar surface area (TPSA) is 58.9 Å². The third-order valence-corrected chi connectivity index (χ3v) is 4.06. The lowest BCUT2D eigenvalue weighted by molar-refractivity contribution is -0.214. The Bertz CT molecular complexity index is 359. The van der Waals surface area contributed by atoms with E-state index >= 15 is 0 Å². The van der Waals surface area contributed by atoms with Gasteiger partial charge >= 0.3 is 0 Å². The Labute approximate surface area is 122 Å². The molecule has 0 aromatic heterocycles. The van der Waals surface area contributed by atoms with Gasteiger partial charge in [-0.15, -0.1) is 0 Å². The molecule has 4 heteroatoms. The van der Waals surface area contributed by atoms with E-state index in [4.69, 9.17) is 9.47 Å². The quantitative estimate of drug-likeness (QED) is 0.581. The van der Waals surface area contributed by atoms with Crippen LogP contribution in [0, 0.1) is 5.92 Å². The van der Waals surface area contributed by atoms with Gasteiger partial charge in [-0.1, -0.05) is 23.8 Å². The summed E-state index contributed by atoms with van der Waals surface area (Å²) in [5.41, 5.74) is 0.861. The summed E-state index contributed by atoms with van der Waals surface area (Å²) in [6, 6.07) is 0. The van der Waals surface area contributed by atoms with Gasteiger partial charge < -0.3 is 19.7 Å². The van der Waals surface area contributed by atoms with Crippen molar-refractivity contribution in [3.63, 3.8) is 0 Å². The lowest BCUT2D eigenvalue weighted by Gasteiger charge is -2.46. The van der Waals surface area contributed by atoms with Crippen LogP contribution < -0.4 is 0 Å². The summed E-state index contributed by atoms with van der Waals surface area (Å²) >= 11 is 0. The Hall–Kier alpha value is -0.680. The van der Waals surface area contributed by atoms with Crippen molar-refractivity contribution < 1.29 is 19.7 Å². The van der Waals surface area contributed by atoms with Crippen molar-refractivity contribution >= 4 is 0 Å². The van der Waals surface area contributed by atoms with E-state index in [9.17, 15) is 10.2 Å². The molecule has 0 saturated heterocycles. The van der Waals surface area contributed by atoms with Crippen LogP contribution >= 0.6 is 0 Å². The average molecular weight is 284 g/mol. The molecule has 0 radical (unpaired) electrons. The Morgan fingerprint density at radius 2 is 2.00 bits per heavy atom. The fraction of sp³-hybridized carbons (Fsp3) is 0.750. The zero-order valence-corrected chi connectivity index (χ0v) is 13.1. The van der Waals surface area contributed by atoms with Crippen LogP contribution in [0.2, 0.25) is 0 Å². The van der Waals surface area contributed by atoms with Crippen LogP contribution in [-0.4, -0.2) is 41.9 Å². The third-order valence-electron chi connectivity index (χ3n) is 4.06. The highest BCUT2D eigenvalue weighted by Crippen LogP contribution is 2.39. The van der Waals surface area contributed by atoms with E-state index in [0.717, 1.165) is 11.1 Å². The van der Waals surface area contributed by atoms with Crippen molar-refractivity contribution in [3.8, 4) is 0 Å². The molecular weight excluding hydrogens is 256 g/mol. The van der Waals surface area contributed by atoms with E-state index in [1.165, 1.54) is 0 Å². The van der Waals surface area contributed by atoms with Gasteiger partial charge in [-0.05, 0) is 46.0 Å². The predicted molar refractivity (Wildman–Crippen MR) is 79.3 cm³/mol. The van der Waals surface area contributed by atoms with Crippen molar-refractivity contribution in [2.24, 2.45) is 5.92 Å². The van der Waals surface area contributed by atoms with E-state index in [2.05, 4.69) is 6.58 Å². The number of allylic oxidation sites excluding steroid dienone is 2. The van der Waals surface area contributed by atoms with Crippen LogP contribution in [0.1, 0.15) is 40.0 Å². The molecule has 0 aliphatic heterocycles. The van der Waals surface area contributed by atoms with Gasteiger partial charge in [0.2, 0.25) is 0 Å². The normalized spacial score (nSPS) is 33.8. The monoisotopic (exact) mass is 284 g/mol. The maximum Gasteiger partial charge on any atom is 0.146 e. The Balaban J connectivity index is 2.92. The maximum absolute atomic E-state index is 10.9. The molecule has 1 aliphatic carbocycles. The highest BCUT2D eigenvalue weighted by atomic mass is 16.7. The van der Waals surface area contributed by atoms with Crippen LogP contribution in [0.4, 0.5) is 0 Å². The van der Waals surface area contributed by atoms with Crippen LogP contribution in [0.5, 0.6) is 0 Å². The molecule has 2 N–H and O–H groups in total. The summed E-state index contributed by atoms with van der Waals surface area (Å²) in [5.74, 6) is 0.166. The fourth-order valence-corrected chi connectivity index (χ4v) is 2.65. The molecule has 0 amide bonds. The van der Waals surface area contributed by atoms with Crippen molar-refractivity contribution in [2.75, 3.05) is 13.9 Å². The molecular formula is C16H28O4. The van der Waals surface area contributed by atoms with Gasteiger partial charge in [-0.2, -0.15) is 0 Å². The minimum absolute atomic E-state index is 0.109. The summed E-state index contributed by atoms with van der Waals surface area (Å²) in [6.07, 6.45) is 2.22. The number of methoxy groups -OCH3 is 1. The van der Waals surface area contributed by atoms with Gasteiger partial charge in [0.25, 0.3) is 0 Å². The first-order chi connectivity index (χ1) is 9.31. The number of aliphatic hydroxyl groups is 2. The van der Waals surface area contributed by atoms with Crippen molar-refractivity contribution in [1.29, 1.82) is 0 Å². The summed E-state index contributed by atoms with van der Waals surface area (Å²) in [6.45, 7) is 9.96. The van der Waals surface area contributed by atoms with Crippen LogP contribution in [0.3, 0.4) is 0 Å². The van der Waals surface area contributed by atoms with Gasteiger partial charge in [0.05, 0.1) is 12.2 Å². The number of ether oxygens (including phenoxy) is 2. The molecule has 4 atom stereocenters. The molecule has 1 saturated carbocycles. The van der Waals surface area contributed by atoms with Gasteiger partial charge in [-0.25, -0.2) is 0 Å². The van der Waals surface area contributed by atoms with E-state index in [-0.39, 0.29) is 12.7 Å². The summed E-state index contributed by atoms with van der Waals surface area (Å²) in [5, 5.41) is 21.3. The van der Waals surface area contributed by atoms with Crippen molar-refractivity contribution in [2.45, 2.75) is 57.8 Å². The van der Waals surface area contributed by atoms with Crippen LogP contribution in [-0.2, 0) is 9.47 Å². The first-order valence-electron chi connectivity index (χ1n) is 7.11. The van der Waals surface area contributed by atoms with E-state index in [1.807, 2.05) is 26.8 Å². The third kappa shape index (κ3) is 4.16. The standard InChI is InChI=1S/C16H28O4/c1-11(2)6-7-16(18)14(17)8-13(12(3)4)9-15(16)20-10-19-5/h6,13-15,17-18H,3,7-10H2,1-2,4-5H3/t13-,14+,15+,16-/m0/s1. The number of rotatable bonds is 6. The second kappa shape index (κ2) is 7.36. The largest absolute Gasteiger partial charge is 0.390 e. The molecule has 0 bridgehead atoms.